The second kappa shape index (κ2) is 17.2. The molecule has 0 saturated heterocycles. The van der Waals surface area contributed by atoms with E-state index in [1.807, 2.05) is 11.6 Å². The molecule has 0 aliphatic heterocycles. The van der Waals surface area contributed by atoms with E-state index in [2.05, 4.69) is 12.2 Å². The van der Waals surface area contributed by atoms with Crippen molar-refractivity contribution in [2.75, 3.05) is 11.9 Å². The Hall–Kier alpha value is -2.41. The number of hydrogen-bond donors (Lipinski definition) is 2. The van der Waals surface area contributed by atoms with Gasteiger partial charge in [0, 0.05) is 12.2 Å². The van der Waals surface area contributed by atoms with Crippen LogP contribution in [0.3, 0.4) is 0 Å². The number of sulfonamides is 1. The summed E-state index contributed by atoms with van der Waals surface area (Å²) in [6.45, 7) is 4.82. The summed E-state index contributed by atoms with van der Waals surface area (Å²) in [6.07, 6.45) is 18.2. The molecule has 37 heavy (non-hydrogen) atoms. The van der Waals surface area contributed by atoms with Crippen LogP contribution in [0, 0.1) is 12.7 Å². The van der Waals surface area contributed by atoms with Crippen molar-refractivity contribution in [1.29, 1.82) is 0 Å². The molecule has 0 saturated carbocycles. The van der Waals surface area contributed by atoms with Crippen LogP contribution in [0.5, 0.6) is 0 Å². The monoisotopic (exact) mass is 532 g/mol. The first-order chi connectivity index (χ1) is 17.8. The predicted molar refractivity (Wildman–Crippen MR) is 151 cm³/mol. The molecule has 0 heterocycles. The normalized spacial score (nSPS) is 11.4. The van der Waals surface area contributed by atoms with Gasteiger partial charge in [-0.05, 0) is 43.7 Å². The Morgan fingerprint density at radius 2 is 1.27 bits per heavy atom. The summed E-state index contributed by atoms with van der Waals surface area (Å²) in [5.74, 6) is -1.75. The lowest BCUT2D eigenvalue weighted by atomic mass is 10.0. The molecule has 1 amide bonds. The Kier molecular flexibility index (Phi) is 14.3. The van der Waals surface area contributed by atoms with Crippen LogP contribution < -0.4 is 10.0 Å². The first-order valence-electron chi connectivity index (χ1n) is 14.0. The first-order valence-corrected chi connectivity index (χ1v) is 15.5. The van der Waals surface area contributed by atoms with E-state index in [9.17, 15) is 17.6 Å². The van der Waals surface area contributed by atoms with Gasteiger partial charge < -0.3 is 5.32 Å². The van der Waals surface area contributed by atoms with Gasteiger partial charge in [-0.15, -0.1) is 0 Å². The molecule has 5 nitrogen and oxygen atoms in total. The summed E-state index contributed by atoms with van der Waals surface area (Å²) < 4.78 is 41.3. The number of anilines is 1. The van der Waals surface area contributed by atoms with Crippen LogP contribution in [0.4, 0.5) is 10.1 Å². The van der Waals surface area contributed by atoms with Crippen molar-refractivity contribution in [1.82, 2.24) is 4.72 Å². The molecule has 2 aromatic rings. The lowest BCUT2D eigenvalue weighted by molar-refractivity contribution is 0.0977. The van der Waals surface area contributed by atoms with Gasteiger partial charge in [0.15, 0.2) is 0 Å². The van der Waals surface area contributed by atoms with Crippen molar-refractivity contribution in [2.45, 2.75) is 109 Å². The van der Waals surface area contributed by atoms with Crippen molar-refractivity contribution < 1.29 is 17.6 Å². The van der Waals surface area contributed by atoms with Crippen LogP contribution in [-0.4, -0.2) is 20.9 Å². The van der Waals surface area contributed by atoms with Crippen LogP contribution in [-0.2, 0) is 10.0 Å². The van der Waals surface area contributed by atoms with E-state index in [-0.39, 0.29) is 10.5 Å². The number of rotatable bonds is 19. The second-order valence-electron chi connectivity index (χ2n) is 9.97. The highest BCUT2D eigenvalue weighted by Gasteiger charge is 2.21. The zero-order valence-corrected chi connectivity index (χ0v) is 23.5. The summed E-state index contributed by atoms with van der Waals surface area (Å²) in [5, 5.41) is 3.18. The lowest BCUT2D eigenvalue weighted by Crippen LogP contribution is -2.31. The standard InChI is InChI=1S/C30H45FN2O3S/c1-3-4-5-6-7-8-9-10-11-12-13-14-15-16-23-32-26-19-22-28(29(31)24-26)30(34)33-37(35,36)27-20-17-25(2)18-21-27/h17-22,24,32H,3-16,23H2,1-2H3,(H,33,34). The molecule has 0 fully saturated rings. The van der Waals surface area contributed by atoms with Gasteiger partial charge in [-0.3, -0.25) is 4.79 Å². The van der Waals surface area contributed by atoms with Crippen LogP contribution in [0.25, 0.3) is 0 Å². The minimum absolute atomic E-state index is 0.0432. The predicted octanol–water partition coefficient (Wildman–Crippen LogP) is 8.15. The molecule has 2 N–H and O–H groups in total. The molecule has 0 bridgehead atoms. The Labute approximate surface area is 223 Å². The molecule has 0 unspecified atom stereocenters. The van der Waals surface area contributed by atoms with Crippen LogP contribution in [0.1, 0.15) is 113 Å². The maximum atomic E-state index is 14.5. The van der Waals surface area contributed by atoms with Gasteiger partial charge in [-0.2, -0.15) is 0 Å². The summed E-state index contributed by atoms with van der Waals surface area (Å²) in [6, 6.07) is 10.2. The van der Waals surface area contributed by atoms with Crippen molar-refractivity contribution in [3.8, 4) is 0 Å². The fourth-order valence-corrected chi connectivity index (χ4v) is 5.28. The highest BCUT2D eigenvalue weighted by atomic mass is 32.2. The van der Waals surface area contributed by atoms with E-state index in [0.717, 1.165) is 24.9 Å². The molecule has 0 aromatic heterocycles. The van der Waals surface area contributed by atoms with E-state index in [4.69, 9.17) is 0 Å². The van der Waals surface area contributed by atoms with Gasteiger partial charge in [-0.1, -0.05) is 108 Å². The minimum Gasteiger partial charge on any atom is -0.385 e. The van der Waals surface area contributed by atoms with Gasteiger partial charge in [-0.25, -0.2) is 17.5 Å². The molecule has 2 aromatic carbocycles. The number of halogens is 1. The molecule has 206 valence electrons. The zero-order chi connectivity index (χ0) is 26.9. The number of unbranched alkanes of at least 4 members (excludes halogenated alkanes) is 13. The Morgan fingerprint density at radius 1 is 0.757 bits per heavy atom. The molecular formula is C30H45FN2O3S. The van der Waals surface area contributed by atoms with Crippen LogP contribution in [0.2, 0.25) is 0 Å². The fraction of sp³-hybridized carbons (Fsp3) is 0.567. The first kappa shape index (κ1) is 30.8. The van der Waals surface area contributed by atoms with Crippen LogP contribution >= 0.6 is 0 Å². The topological polar surface area (TPSA) is 75.3 Å². The minimum atomic E-state index is -4.07. The maximum absolute atomic E-state index is 14.5. The smallest absolute Gasteiger partial charge is 0.267 e. The van der Waals surface area contributed by atoms with Gasteiger partial charge >= 0.3 is 0 Å². The third-order valence-corrected chi connectivity index (χ3v) is 7.98. The number of carbonyl (C=O) groups is 1. The molecule has 0 aliphatic carbocycles. The number of carbonyl (C=O) groups excluding carboxylic acids is 1. The van der Waals surface area contributed by atoms with Gasteiger partial charge in [0.2, 0.25) is 0 Å². The third kappa shape index (κ3) is 12.1. The third-order valence-electron chi connectivity index (χ3n) is 6.63. The van der Waals surface area contributed by atoms with Gasteiger partial charge in [0.05, 0.1) is 10.5 Å². The quantitative estimate of drug-likeness (QED) is 0.179. The number of hydrogen-bond acceptors (Lipinski definition) is 4. The van der Waals surface area contributed by atoms with Crippen LogP contribution in [0.15, 0.2) is 47.4 Å². The van der Waals surface area contributed by atoms with E-state index >= 15 is 0 Å². The number of amides is 1. The van der Waals surface area contributed by atoms with Crippen molar-refractivity contribution in [3.05, 3.63) is 59.4 Å². The summed E-state index contributed by atoms with van der Waals surface area (Å²) in [5.41, 5.74) is 1.16. The average Bonchev–Trinajstić information content (AvgIpc) is 2.86. The molecule has 0 aliphatic rings. The molecule has 7 heteroatoms. The molecule has 2 rings (SSSR count). The molecule has 0 spiro atoms. The SMILES string of the molecule is CCCCCCCCCCCCCCCCNc1ccc(C(=O)NS(=O)(=O)c2ccc(C)cc2)c(F)c1. The van der Waals surface area contributed by atoms with E-state index in [1.165, 1.54) is 101 Å². The number of aryl methyl sites for hydroxylation is 1. The maximum Gasteiger partial charge on any atom is 0.267 e. The summed E-state index contributed by atoms with van der Waals surface area (Å²) in [4.78, 5) is 12.3. The van der Waals surface area contributed by atoms with Gasteiger partial charge in [0.1, 0.15) is 5.82 Å². The number of benzene rings is 2. The molecular weight excluding hydrogens is 487 g/mol. The molecule has 0 radical (unpaired) electrons. The Balaban J connectivity index is 1.59. The van der Waals surface area contributed by atoms with E-state index in [1.54, 1.807) is 18.2 Å². The summed E-state index contributed by atoms with van der Waals surface area (Å²) >= 11 is 0. The zero-order valence-electron chi connectivity index (χ0n) is 22.7. The number of nitrogens with one attached hydrogen (secondary N) is 2. The van der Waals surface area contributed by atoms with Gasteiger partial charge in [0.25, 0.3) is 15.9 Å². The second-order valence-corrected chi connectivity index (χ2v) is 11.6. The lowest BCUT2D eigenvalue weighted by Gasteiger charge is -2.10. The van der Waals surface area contributed by atoms with Crippen molar-refractivity contribution in [2.24, 2.45) is 0 Å². The van der Waals surface area contributed by atoms with E-state index in [0.29, 0.717) is 5.69 Å². The molecule has 0 atom stereocenters. The summed E-state index contributed by atoms with van der Waals surface area (Å²) in [7, 11) is -4.07. The Bertz CT molecular complexity index is 1040. The highest BCUT2D eigenvalue weighted by Crippen LogP contribution is 2.17. The largest absolute Gasteiger partial charge is 0.385 e. The highest BCUT2D eigenvalue weighted by molar-refractivity contribution is 7.90. The van der Waals surface area contributed by atoms with E-state index < -0.39 is 21.7 Å². The fourth-order valence-electron chi connectivity index (χ4n) is 4.31. The average molecular weight is 533 g/mol. The van der Waals surface area contributed by atoms with Crippen molar-refractivity contribution >= 4 is 21.6 Å². The van der Waals surface area contributed by atoms with Crippen molar-refractivity contribution in [3.63, 3.8) is 0 Å². The Morgan fingerprint density at radius 3 is 1.78 bits per heavy atom.